The lowest BCUT2D eigenvalue weighted by molar-refractivity contribution is 0.209. The molecule has 0 saturated carbocycles. The first kappa shape index (κ1) is 13.5. The maximum atomic E-state index is 9.36. The molecule has 0 aliphatic rings. The minimum Gasteiger partial charge on any atom is -0.389 e. The maximum Gasteiger partial charge on any atom is 0.0721 e. The lowest BCUT2D eigenvalue weighted by Crippen LogP contribution is -2.07. The zero-order valence-corrected chi connectivity index (χ0v) is 10.8. The van der Waals surface area contributed by atoms with Crippen LogP contribution in [0.25, 0.3) is 0 Å². The van der Waals surface area contributed by atoms with Crippen LogP contribution in [0, 0.1) is 0 Å². The summed E-state index contributed by atoms with van der Waals surface area (Å²) in [6, 6.07) is 0. The minimum atomic E-state index is -0.353. The minimum absolute atomic E-state index is 0.101. The van der Waals surface area contributed by atoms with Crippen LogP contribution < -0.4 is 0 Å². The third-order valence-corrected chi connectivity index (χ3v) is 2.45. The molecule has 13 heavy (non-hydrogen) atoms. The predicted octanol–water partition coefficient (Wildman–Crippen LogP) is 3.65. The van der Waals surface area contributed by atoms with E-state index in [4.69, 9.17) is 11.6 Å². The van der Waals surface area contributed by atoms with Crippen molar-refractivity contribution in [1.29, 1.82) is 0 Å². The Balaban J connectivity index is 3.57. The zero-order valence-electron chi connectivity index (χ0n) is 7.84. The molecule has 0 aromatic rings. The largest absolute Gasteiger partial charge is 0.389 e. The van der Waals surface area contributed by atoms with E-state index < -0.39 is 0 Å². The van der Waals surface area contributed by atoms with E-state index in [1.807, 2.05) is 13.0 Å². The molecular weight excluding hydrogens is 298 g/mol. The van der Waals surface area contributed by atoms with Gasteiger partial charge in [-0.05, 0) is 52.4 Å². The van der Waals surface area contributed by atoms with Gasteiger partial charge in [0.25, 0.3) is 0 Å². The first-order valence-electron chi connectivity index (χ1n) is 4.34. The highest BCUT2D eigenvalue weighted by molar-refractivity contribution is 14.1. The molecule has 0 rings (SSSR count). The normalized spacial score (nSPS) is 16.0. The summed E-state index contributed by atoms with van der Waals surface area (Å²) in [6.45, 7) is 5.68. The third-order valence-electron chi connectivity index (χ3n) is 1.63. The van der Waals surface area contributed by atoms with Gasteiger partial charge < -0.3 is 5.11 Å². The fraction of sp³-hybridized carbons (Fsp3) is 0.600. The summed E-state index contributed by atoms with van der Waals surface area (Å²) < 4.78 is 1.07. The zero-order chi connectivity index (χ0) is 10.3. The Kier molecular flexibility index (Phi) is 8.10. The monoisotopic (exact) mass is 314 g/mol. The first-order valence-corrected chi connectivity index (χ1v) is 5.86. The molecule has 1 nitrogen and oxygen atoms in total. The number of hydrogen-bond acceptors (Lipinski definition) is 1. The van der Waals surface area contributed by atoms with Gasteiger partial charge in [0.05, 0.1) is 6.10 Å². The van der Waals surface area contributed by atoms with Crippen molar-refractivity contribution in [3.05, 3.63) is 22.3 Å². The van der Waals surface area contributed by atoms with Crippen LogP contribution in [0.5, 0.6) is 0 Å². The summed E-state index contributed by atoms with van der Waals surface area (Å²) in [5.74, 6) is 0. The van der Waals surface area contributed by atoms with Gasteiger partial charge in [0.2, 0.25) is 0 Å². The van der Waals surface area contributed by atoms with Crippen LogP contribution >= 0.6 is 34.2 Å². The summed E-state index contributed by atoms with van der Waals surface area (Å²) in [5.41, 5.74) is 0. The van der Waals surface area contributed by atoms with Gasteiger partial charge >= 0.3 is 0 Å². The Morgan fingerprint density at radius 2 is 2.23 bits per heavy atom. The Bertz CT molecular complexity index is 180. The second-order valence-corrected chi connectivity index (χ2v) is 5.13. The van der Waals surface area contributed by atoms with Crippen LogP contribution in [0.1, 0.15) is 26.2 Å². The lowest BCUT2D eigenvalue weighted by Gasteiger charge is -2.10. The molecule has 0 aliphatic carbocycles. The Morgan fingerprint density at radius 1 is 1.62 bits per heavy atom. The van der Waals surface area contributed by atoms with Crippen LogP contribution in [-0.2, 0) is 0 Å². The second kappa shape index (κ2) is 7.83. The van der Waals surface area contributed by atoms with E-state index in [2.05, 4.69) is 29.2 Å². The van der Waals surface area contributed by atoms with Crippen LogP contribution in [-0.4, -0.2) is 16.6 Å². The van der Waals surface area contributed by atoms with E-state index in [9.17, 15) is 5.11 Å². The lowest BCUT2D eigenvalue weighted by atomic mass is 10.1. The van der Waals surface area contributed by atoms with E-state index >= 15 is 0 Å². The van der Waals surface area contributed by atoms with Gasteiger partial charge in [0, 0.05) is 5.38 Å². The molecule has 76 valence electrons. The Morgan fingerprint density at radius 3 is 2.69 bits per heavy atom. The van der Waals surface area contributed by atoms with E-state index in [0.717, 1.165) is 22.8 Å². The molecule has 0 spiro atoms. The van der Waals surface area contributed by atoms with Crippen molar-refractivity contribution in [3.8, 4) is 0 Å². The van der Waals surface area contributed by atoms with Gasteiger partial charge in [-0.15, -0.1) is 11.6 Å². The molecule has 0 fully saturated rings. The summed E-state index contributed by atoms with van der Waals surface area (Å²) in [5, 5.41) is 9.46. The molecule has 1 unspecified atom stereocenters. The Labute approximate surface area is 99.0 Å². The number of alkyl halides is 1. The number of halogens is 2. The van der Waals surface area contributed by atoms with Gasteiger partial charge in [-0.3, -0.25) is 0 Å². The molecule has 0 heterocycles. The summed E-state index contributed by atoms with van der Waals surface area (Å²) >= 11 is 8.20. The van der Waals surface area contributed by atoms with Crippen molar-refractivity contribution in [3.63, 3.8) is 0 Å². The number of aliphatic hydroxyl groups is 1. The SMILES string of the molecule is C=C(I)C[C@H](Cl)CCC(O)/C=C/C. The van der Waals surface area contributed by atoms with E-state index in [-0.39, 0.29) is 11.5 Å². The summed E-state index contributed by atoms with van der Waals surface area (Å²) in [6.07, 6.45) is 5.66. The van der Waals surface area contributed by atoms with Crippen molar-refractivity contribution < 1.29 is 5.11 Å². The first-order chi connectivity index (χ1) is 6.06. The molecule has 0 amide bonds. The smallest absolute Gasteiger partial charge is 0.0721 e. The standard InChI is InChI=1S/C10H16ClIO/c1-3-4-10(13)6-5-9(11)7-8(2)12/h3-4,9-10,13H,2,5-7H2,1H3/b4-3+/t9-,10?/m1/s1. The van der Waals surface area contributed by atoms with Crippen molar-refractivity contribution in [2.75, 3.05) is 0 Å². The van der Waals surface area contributed by atoms with Crippen LogP contribution in [0.15, 0.2) is 22.3 Å². The van der Waals surface area contributed by atoms with Gasteiger partial charge in [-0.2, -0.15) is 0 Å². The molecule has 1 N–H and O–H groups in total. The van der Waals surface area contributed by atoms with E-state index in [0.29, 0.717) is 0 Å². The molecule has 0 aliphatic heterocycles. The highest BCUT2D eigenvalue weighted by Crippen LogP contribution is 2.19. The van der Waals surface area contributed by atoms with Crippen molar-refractivity contribution >= 4 is 34.2 Å². The Hall–Kier alpha value is 0.460. The van der Waals surface area contributed by atoms with Gasteiger partial charge in [0.15, 0.2) is 0 Å². The fourth-order valence-corrected chi connectivity index (χ4v) is 2.12. The average Bonchev–Trinajstić information content (AvgIpc) is 2.00. The average molecular weight is 315 g/mol. The van der Waals surface area contributed by atoms with Crippen molar-refractivity contribution in [2.45, 2.75) is 37.7 Å². The number of rotatable bonds is 6. The molecule has 3 heteroatoms. The topological polar surface area (TPSA) is 20.2 Å². The maximum absolute atomic E-state index is 9.36. The van der Waals surface area contributed by atoms with Gasteiger partial charge in [-0.1, -0.05) is 18.7 Å². The van der Waals surface area contributed by atoms with Crippen LogP contribution in [0.4, 0.5) is 0 Å². The van der Waals surface area contributed by atoms with Crippen molar-refractivity contribution in [2.24, 2.45) is 0 Å². The third kappa shape index (κ3) is 8.78. The molecule has 0 saturated heterocycles. The van der Waals surface area contributed by atoms with E-state index in [1.54, 1.807) is 6.08 Å². The van der Waals surface area contributed by atoms with Crippen LogP contribution in [0.3, 0.4) is 0 Å². The second-order valence-electron chi connectivity index (χ2n) is 2.99. The van der Waals surface area contributed by atoms with Gasteiger partial charge in [0.1, 0.15) is 0 Å². The molecule has 0 aromatic carbocycles. The molecule has 0 radical (unpaired) electrons. The number of aliphatic hydroxyl groups excluding tert-OH is 1. The quantitative estimate of drug-likeness (QED) is 0.451. The van der Waals surface area contributed by atoms with Crippen LogP contribution in [0.2, 0.25) is 0 Å². The molecular formula is C10H16ClIO. The van der Waals surface area contributed by atoms with E-state index in [1.165, 1.54) is 0 Å². The summed E-state index contributed by atoms with van der Waals surface area (Å²) in [7, 11) is 0. The summed E-state index contributed by atoms with van der Waals surface area (Å²) in [4.78, 5) is 0. The fourth-order valence-electron chi connectivity index (χ4n) is 1.01. The number of hydrogen-bond donors (Lipinski definition) is 1. The predicted molar refractivity (Wildman–Crippen MR) is 67.5 cm³/mol. The molecule has 0 bridgehead atoms. The van der Waals surface area contributed by atoms with Crippen molar-refractivity contribution in [1.82, 2.24) is 0 Å². The highest BCUT2D eigenvalue weighted by Gasteiger charge is 2.07. The highest BCUT2D eigenvalue weighted by atomic mass is 127. The van der Waals surface area contributed by atoms with Gasteiger partial charge in [-0.25, -0.2) is 0 Å². The molecule has 0 aromatic heterocycles. The molecule has 2 atom stereocenters. The number of allylic oxidation sites excluding steroid dienone is 2.